The van der Waals surface area contributed by atoms with Gasteiger partial charge < -0.3 is 10.3 Å². The molecule has 0 unspecified atom stereocenters. The van der Waals surface area contributed by atoms with E-state index in [1.165, 1.54) is 0 Å². The van der Waals surface area contributed by atoms with E-state index in [0.717, 1.165) is 16.7 Å². The zero-order valence-electron chi connectivity index (χ0n) is 10.8. The lowest BCUT2D eigenvalue weighted by Crippen LogP contribution is -1.90. The van der Waals surface area contributed by atoms with Gasteiger partial charge in [0.1, 0.15) is 0 Å². The molecule has 0 atom stereocenters. The van der Waals surface area contributed by atoms with Crippen molar-refractivity contribution < 1.29 is 4.52 Å². The summed E-state index contributed by atoms with van der Waals surface area (Å²) >= 11 is 6.10. The zero-order chi connectivity index (χ0) is 14.1. The van der Waals surface area contributed by atoms with Gasteiger partial charge in [0.15, 0.2) is 0 Å². The Labute approximate surface area is 121 Å². The number of rotatable bonds is 2. The van der Waals surface area contributed by atoms with Crippen molar-refractivity contribution >= 4 is 17.3 Å². The van der Waals surface area contributed by atoms with E-state index in [1.54, 1.807) is 6.07 Å². The van der Waals surface area contributed by atoms with Gasteiger partial charge in [0.05, 0.1) is 0 Å². The second kappa shape index (κ2) is 4.98. The van der Waals surface area contributed by atoms with Gasteiger partial charge in [-0.05, 0) is 36.8 Å². The molecule has 3 aromatic rings. The predicted octanol–water partition coefficient (Wildman–Crippen LogP) is 3.95. The third-order valence-electron chi connectivity index (χ3n) is 3.05. The van der Waals surface area contributed by atoms with Crippen molar-refractivity contribution in [1.82, 2.24) is 10.1 Å². The Kier molecular flexibility index (Phi) is 3.16. The summed E-state index contributed by atoms with van der Waals surface area (Å²) < 4.78 is 5.28. The minimum Gasteiger partial charge on any atom is -0.398 e. The highest BCUT2D eigenvalue weighted by Gasteiger charge is 2.13. The molecule has 0 saturated carbocycles. The lowest BCUT2D eigenvalue weighted by Gasteiger charge is -1.99. The molecule has 100 valence electrons. The van der Waals surface area contributed by atoms with Crippen molar-refractivity contribution in [2.45, 2.75) is 6.92 Å². The number of nitrogen functional groups attached to an aromatic ring is 1. The van der Waals surface area contributed by atoms with Crippen LogP contribution in [0.5, 0.6) is 0 Å². The lowest BCUT2D eigenvalue weighted by molar-refractivity contribution is 0.432. The molecule has 0 amide bonds. The monoisotopic (exact) mass is 285 g/mol. The maximum Gasteiger partial charge on any atom is 0.258 e. The first-order valence-electron chi connectivity index (χ1n) is 6.10. The van der Waals surface area contributed by atoms with Crippen molar-refractivity contribution in [2.75, 3.05) is 5.73 Å². The summed E-state index contributed by atoms with van der Waals surface area (Å²) in [4.78, 5) is 4.37. The highest BCUT2D eigenvalue weighted by Crippen LogP contribution is 2.28. The Balaban J connectivity index is 2.02. The molecule has 0 fully saturated rings. The number of anilines is 1. The Morgan fingerprint density at radius 1 is 1.15 bits per heavy atom. The topological polar surface area (TPSA) is 64.9 Å². The molecular formula is C15H12ClN3O. The highest BCUT2D eigenvalue weighted by atomic mass is 35.5. The van der Waals surface area contributed by atoms with Gasteiger partial charge in [-0.3, -0.25) is 0 Å². The van der Waals surface area contributed by atoms with Gasteiger partial charge in [-0.25, -0.2) is 0 Å². The molecule has 1 aromatic heterocycles. The third kappa shape index (κ3) is 2.26. The highest BCUT2D eigenvalue weighted by molar-refractivity contribution is 6.31. The van der Waals surface area contributed by atoms with E-state index >= 15 is 0 Å². The summed E-state index contributed by atoms with van der Waals surface area (Å²) in [6.07, 6.45) is 0. The van der Waals surface area contributed by atoms with Gasteiger partial charge in [-0.1, -0.05) is 35.0 Å². The molecule has 0 aliphatic carbocycles. The summed E-state index contributed by atoms with van der Waals surface area (Å²) in [5.41, 5.74) is 9.05. The number of nitrogens with zero attached hydrogens (tertiary/aromatic N) is 2. The van der Waals surface area contributed by atoms with Crippen molar-refractivity contribution in [3.8, 4) is 22.8 Å². The maximum atomic E-state index is 6.10. The van der Waals surface area contributed by atoms with Crippen molar-refractivity contribution in [3.63, 3.8) is 0 Å². The number of nitrogens with two attached hydrogens (primary N) is 1. The summed E-state index contributed by atoms with van der Waals surface area (Å²) in [5, 5.41) is 4.63. The largest absolute Gasteiger partial charge is 0.398 e. The normalized spacial score (nSPS) is 10.7. The first-order chi connectivity index (χ1) is 9.65. The van der Waals surface area contributed by atoms with Gasteiger partial charge >= 0.3 is 0 Å². The van der Waals surface area contributed by atoms with Crippen LogP contribution >= 0.6 is 11.6 Å². The molecule has 4 nitrogen and oxygen atoms in total. The Bertz CT molecular complexity index is 767. The van der Waals surface area contributed by atoms with Gasteiger partial charge in [-0.15, -0.1) is 0 Å². The summed E-state index contributed by atoms with van der Waals surface area (Å²) in [7, 11) is 0. The Morgan fingerprint density at radius 2 is 1.95 bits per heavy atom. The zero-order valence-corrected chi connectivity index (χ0v) is 11.6. The first kappa shape index (κ1) is 12.7. The number of aromatic nitrogens is 2. The third-order valence-corrected chi connectivity index (χ3v) is 3.45. The first-order valence-corrected chi connectivity index (χ1v) is 6.48. The van der Waals surface area contributed by atoms with E-state index in [9.17, 15) is 0 Å². The molecule has 2 aromatic carbocycles. The summed E-state index contributed by atoms with van der Waals surface area (Å²) in [6, 6.07) is 13.0. The summed E-state index contributed by atoms with van der Waals surface area (Å²) in [5.74, 6) is 0.889. The standard InChI is InChI=1S/C15H12ClN3O/c1-9-6-7-10(8-12(9)16)15-18-14(19-20-15)11-4-2-3-5-13(11)17/h2-8H,17H2,1H3. The summed E-state index contributed by atoms with van der Waals surface area (Å²) in [6.45, 7) is 1.94. The number of para-hydroxylation sites is 1. The van der Waals surface area contributed by atoms with E-state index in [1.807, 2.05) is 43.3 Å². The molecule has 3 rings (SSSR count). The van der Waals surface area contributed by atoms with E-state index in [0.29, 0.717) is 22.4 Å². The van der Waals surface area contributed by atoms with Gasteiger partial charge in [0.25, 0.3) is 5.89 Å². The number of benzene rings is 2. The minimum atomic E-state index is 0.421. The Hall–Kier alpha value is -2.33. The molecule has 0 aliphatic heterocycles. The van der Waals surface area contributed by atoms with Crippen LogP contribution in [0.4, 0.5) is 5.69 Å². The van der Waals surface area contributed by atoms with Gasteiger partial charge in [0, 0.05) is 21.8 Å². The fraction of sp³-hybridized carbons (Fsp3) is 0.0667. The number of hydrogen-bond acceptors (Lipinski definition) is 4. The molecular weight excluding hydrogens is 274 g/mol. The van der Waals surface area contributed by atoms with Crippen LogP contribution in [0.25, 0.3) is 22.8 Å². The van der Waals surface area contributed by atoms with Gasteiger partial charge in [-0.2, -0.15) is 4.98 Å². The number of hydrogen-bond donors (Lipinski definition) is 1. The molecule has 0 aliphatic rings. The van der Waals surface area contributed by atoms with E-state index in [2.05, 4.69) is 10.1 Å². The average Bonchev–Trinajstić information content (AvgIpc) is 2.92. The van der Waals surface area contributed by atoms with Crippen LogP contribution < -0.4 is 5.73 Å². The fourth-order valence-corrected chi connectivity index (χ4v) is 2.06. The van der Waals surface area contributed by atoms with Crippen LogP contribution in [0.1, 0.15) is 5.56 Å². The van der Waals surface area contributed by atoms with Crippen molar-refractivity contribution in [3.05, 3.63) is 53.1 Å². The maximum absolute atomic E-state index is 6.10. The molecule has 2 N–H and O–H groups in total. The molecule has 5 heteroatoms. The second-order valence-corrected chi connectivity index (χ2v) is 4.88. The fourth-order valence-electron chi connectivity index (χ4n) is 1.88. The average molecular weight is 286 g/mol. The van der Waals surface area contributed by atoms with E-state index in [4.69, 9.17) is 21.9 Å². The molecule has 20 heavy (non-hydrogen) atoms. The molecule has 1 heterocycles. The predicted molar refractivity (Wildman–Crippen MR) is 79.3 cm³/mol. The second-order valence-electron chi connectivity index (χ2n) is 4.47. The van der Waals surface area contributed by atoms with Crippen LogP contribution in [-0.2, 0) is 0 Å². The van der Waals surface area contributed by atoms with Crippen LogP contribution in [0.3, 0.4) is 0 Å². The van der Waals surface area contributed by atoms with Crippen LogP contribution in [0.15, 0.2) is 47.0 Å². The molecule has 0 saturated heterocycles. The van der Waals surface area contributed by atoms with Crippen LogP contribution in [0.2, 0.25) is 5.02 Å². The van der Waals surface area contributed by atoms with Crippen LogP contribution in [0, 0.1) is 6.92 Å². The molecule has 0 spiro atoms. The van der Waals surface area contributed by atoms with E-state index < -0.39 is 0 Å². The number of halogens is 1. The van der Waals surface area contributed by atoms with Gasteiger partial charge in [0.2, 0.25) is 5.82 Å². The quantitative estimate of drug-likeness (QED) is 0.724. The Morgan fingerprint density at radius 3 is 2.70 bits per heavy atom. The SMILES string of the molecule is Cc1ccc(-c2nc(-c3ccccc3N)no2)cc1Cl. The number of aryl methyl sites for hydroxylation is 1. The minimum absolute atomic E-state index is 0.421. The molecule has 0 radical (unpaired) electrons. The lowest BCUT2D eigenvalue weighted by atomic mass is 10.1. The van der Waals surface area contributed by atoms with Crippen molar-refractivity contribution in [1.29, 1.82) is 0 Å². The molecule has 0 bridgehead atoms. The smallest absolute Gasteiger partial charge is 0.258 e. The van der Waals surface area contributed by atoms with Crippen molar-refractivity contribution in [2.24, 2.45) is 0 Å². The van der Waals surface area contributed by atoms with Crippen LogP contribution in [-0.4, -0.2) is 10.1 Å². The van der Waals surface area contributed by atoms with E-state index in [-0.39, 0.29) is 0 Å².